The van der Waals surface area contributed by atoms with E-state index in [0.717, 1.165) is 31.4 Å². The van der Waals surface area contributed by atoms with Crippen LogP contribution in [-0.2, 0) is 11.2 Å². The van der Waals surface area contributed by atoms with E-state index in [9.17, 15) is 4.79 Å². The molecule has 1 heterocycles. The van der Waals surface area contributed by atoms with Crippen LogP contribution in [0, 0.1) is 18.3 Å². The monoisotopic (exact) mass is 294 g/mol. The molecule has 0 bridgehead atoms. The molecule has 0 atom stereocenters. The Labute approximate surface area is 124 Å². The molecule has 0 aromatic carbocycles. The van der Waals surface area contributed by atoms with Crippen LogP contribution in [0.25, 0.3) is 0 Å². The summed E-state index contributed by atoms with van der Waals surface area (Å²) in [5, 5.41) is 9.86. The predicted molar refractivity (Wildman–Crippen MR) is 82.3 cm³/mol. The number of aromatic nitrogens is 2. The number of nitrogens with two attached hydrogens (primary N) is 1. The average molecular weight is 294 g/mol. The van der Waals surface area contributed by atoms with Crippen molar-refractivity contribution in [3.63, 3.8) is 0 Å². The number of hydrogen-bond acceptors (Lipinski definition) is 3. The number of H-pyrrole nitrogens is 1. The first-order valence-corrected chi connectivity index (χ1v) is 7.43. The summed E-state index contributed by atoms with van der Waals surface area (Å²) in [4.78, 5) is 12.6. The third-order valence-corrected chi connectivity index (χ3v) is 4.53. The summed E-state index contributed by atoms with van der Waals surface area (Å²) in [6.07, 6.45) is 5.17. The van der Waals surface area contributed by atoms with Crippen molar-refractivity contribution in [2.45, 2.75) is 39.5 Å². The molecule has 0 saturated heterocycles. The maximum absolute atomic E-state index is 12.3. The van der Waals surface area contributed by atoms with Gasteiger partial charge in [-0.2, -0.15) is 5.10 Å². The maximum atomic E-state index is 12.3. The van der Waals surface area contributed by atoms with Gasteiger partial charge in [0.15, 0.2) is 0 Å². The number of nitrogens with zero attached hydrogens (tertiary/aromatic N) is 1. The van der Waals surface area contributed by atoms with Gasteiger partial charge >= 0.3 is 0 Å². The van der Waals surface area contributed by atoms with Crippen LogP contribution >= 0.6 is 12.2 Å². The highest BCUT2D eigenvalue weighted by molar-refractivity contribution is 7.80. The third-order valence-electron chi connectivity index (χ3n) is 4.14. The van der Waals surface area contributed by atoms with E-state index in [1.165, 1.54) is 5.56 Å². The molecule has 1 aliphatic rings. The third kappa shape index (κ3) is 2.85. The molecule has 2 rings (SSSR count). The normalized spacial score (nSPS) is 25.0. The van der Waals surface area contributed by atoms with E-state index < -0.39 is 5.41 Å². The van der Waals surface area contributed by atoms with Crippen molar-refractivity contribution in [2.24, 2.45) is 17.1 Å². The first-order valence-electron chi connectivity index (χ1n) is 7.03. The molecule has 0 aliphatic heterocycles. The lowest BCUT2D eigenvalue weighted by atomic mass is 9.62. The van der Waals surface area contributed by atoms with E-state index in [-0.39, 0.29) is 5.91 Å². The molecule has 1 aliphatic carbocycles. The minimum Gasteiger partial charge on any atom is -0.392 e. The zero-order valence-corrected chi connectivity index (χ0v) is 12.8. The zero-order valence-electron chi connectivity index (χ0n) is 12.0. The van der Waals surface area contributed by atoms with Gasteiger partial charge in [-0.3, -0.25) is 9.89 Å². The molecule has 0 unspecified atom stereocenters. The van der Waals surface area contributed by atoms with Gasteiger partial charge in [-0.25, -0.2) is 0 Å². The van der Waals surface area contributed by atoms with Crippen LogP contribution in [0.5, 0.6) is 0 Å². The molecule has 1 saturated carbocycles. The van der Waals surface area contributed by atoms with Crippen molar-refractivity contribution >= 4 is 23.1 Å². The van der Waals surface area contributed by atoms with Crippen LogP contribution in [0.15, 0.2) is 6.20 Å². The summed E-state index contributed by atoms with van der Waals surface area (Å²) in [5.74, 6) is 0.517. The van der Waals surface area contributed by atoms with Crippen molar-refractivity contribution in [1.82, 2.24) is 15.5 Å². The second-order valence-corrected chi connectivity index (χ2v) is 6.28. The van der Waals surface area contributed by atoms with E-state index in [4.69, 9.17) is 18.0 Å². The Bertz CT molecular complexity index is 505. The van der Waals surface area contributed by atoms with Crippen molar-refractivity contribution in [1.29, 1.82) is 0 Å². The highest BCUT2D eigenvalue weighted by Gasteiger charge is 2.50. The Morgan fingerprint density at radius 1 is 1.65 bits per heavy atom. The van der Waals surface area contributed by atoms with E-state index in [2.05, 4.69) is 22.4 Å². The summed E-state index contributed by atoms with van der Waals surface area (Å²) in [5.41, 5.74) is 7.44. The molecule has 1 aromatic heterocycles. The molecular formula is C14H22N4OS. The van der Waals surface area contributed by atoms with E-state index in [1.54, 1.807) is 0 Å². The van der Waals surface area contributed by atoms with E-state index >= 15 is 0 Å². The zero-order chi connectivity index (χ0) is 14.8. The Hall–Kier alpha value is -1.43. The molecule has 0 radical (unpaired) electrons. The summed E-state index contributed by atoms with van der Waals surface area (Å²) in [7, 11) is 0. The molecule has 1 fully saturated rings. The molecule has 5 nitrogen and oxygen atoms in total. The van der Waals surface area contributed by atoms with Crippen LogP contribution < -0.4 is 11.1 Å². The largest absolute Gasteiger partial charge is 0.392 e. The Balaban J connectivity index is 1.78. The van der Waals surface area contributed by atoms with Crippen LogP contribution in [0.4, 0.5) is 0 Å². The number of nitrogens with one attached hydrogen (secondary N) is 2. The number of aromatic amines is 1. The second kappa shape index (κ2) is 5.91. The molecule has 20 heavy (non-hydrogen) atoms. The van der Waals surface area contributed by atoms with Gasteiger partial charge in [0.2, 0.25) is 5.91 Å². The van der Waals surface area contributed by atoms with E-state index in [0.29, 0.717) is 17.5 Å². The first-order chi connectivity index (χ1) is 9.45. The van der Waals surface area contributed by atoms with Gasteiger partial charge in [-0.1, -0.05) is 19.1 Å². The van der Waals surface area contributed by atoms with Gasteiger partial charge in [0.25, 0.3) is 0 Å². The van der Waals surface area contributed by atoms with Crippen LogP contribution in [0.1, 0.15) is 37.4 Å². The fraction of sp³-hybridized carbons (Fsp3) is 0.643. The molecule has 1 aromatic rings. The lowest BCUT2D eigenvalue weighted by Crippen LogP contribution is -2.56. The van der Waals surface area contributed by atoms with Gasteiger partial charge < -0.3 is 11.1 Å². The number of hydrogen-bond donors (Lipinski definition) is 3. The fourth-order valence-electron chi connectivity index (χ4n) is 2.91. The second-order valence-electron chi connectivity index (χ2n) is 5.84. The SMILES string of the molecule is Cc1[nH]ncc1CCCNC(=O)C1(C(N)=S)CC(C)C1. The minimum absolute atomic E-state index is 0.00739. The molecule has 4 N–H and O–H groups in total. The minimum atomic E-state index is -0.597. The van der Waals surface area contributed by atoms with Gasteiger partial charge in [0.1, 0.15) is 0 Å². The van der Waals surface area contributed by atoms with Gasteiger partial charge in [-0.05, 0) is 44.1 Å². The Kier molecular flexibility index (Phi) is 4.42. The molecule has 0 spiro atoms. The number of rotatable bonds is 6. The number of thiocarbonyl (C=S) groups is 1. The topological polar surface area (TPSA) is 83.8 Å². The predicted octanol–water partition coefficient (Wildman–Crippen LogP) is 1.47. The Morgan fingerprint density at radius 2 is 2.35 bits per heavy atom. The van der Waals surface area contributed by atoms with Crippen molar-refractivity contribution in [3.8, 4) is 0 Å². The number of aryl methyl sites for hydroxylation is 2. The lowest BCUT2D eigenvalue weighted by molar-refractivity contribution is -0.132. The number of amides is 1. The Morgan fingerprint density at radius 3 is 2.85 bits per heavy atom. The summed E-state index contributed by atoms with van der Waals surface area (Å²) in [6.45, 7) is 4.76. The first kappa shape index (κ1) is 15.0. The molecule has 110 valence electrons. The number of carbonyl (C=O) groups is 1. The maximum Gasteiger partial charge on any atom is 0.233 e. The highest BCUT2D eigenvalue weighted by Crippen LogP contribution is 2.45. The molecule has 6 heteroatoms. The van der Waals surface area contributed by atoms with Gasteiger partial charge in [0.05, 0.1) is 16.6 Å². The van der Waals surface area contributed by atoms with Crippen LogP contribution in [0.3, 0.4) is 0 Å². The molecular weight excluding hydrogens is 272 g/mol. The number of carbonyl (C=O) groups excluding carboxylic acids is 1. The summed E-state index contributed by atoms with van der Waals surface area (Å²) >= 11 is 5.08. The molecule has 1 amide bonds. The fourth-order valence-corrected chi connectivity index (χ4v) is 3.17. The summed E-state index contributed by atoms with van der Waals surface area (Å²) < 4.78 is 0. The van der Waals surface area contributed by atoms with Crippen molar-refractivity contribution in [3.05, 3.63) is 17.5 Å². The smallest absolute Gasteiger partial charge is 0.233 e. The quantitative estimate of drug-likeness (QED) is 0.548. The van der Waals surface area contributed by atoms with Crippen molar-refractivity contribution in [2.75, 3.05) is 6.54 Å². The summed E-state index contributed by atoms with van der Waals surface area (Å²) in [6, 6.07) is 0. The van der Waals surface area contributed by atoms with Crippen LogP contribution in [-0.4, -0.2) is 27.6 Å². The lowest BCUT2D eigenvalue weighted by Gasteiger charge is -2.44. The van der Waals surface area contributed by atoms with Gasteiger partial charge in [-0.15, -0.1) is 0 Å². The van der Waals surface area contributed by atoms with E-state index in [1.807, 2.05) is 13.1 Å². The van der Waals surface area contributed by atoms with Gasteiger partial charge in [0, 0.05) is 12.2 Å². The van der Waals surface area contributed by atoms with Crippen molar-refractivity contribution < 1.29 is 4.79 Å². The standard InChI is InChI=1S/C14H22N4OS/c1-9-6-14(7-9,12(15)20)13(19)16-5-3-4-11-8-17-18-10(11)2/h8-9H,3-7H2,1-2H3,(H2,15,20)(H,16,19)(H,17,18). The highest BCUT2D eigenvalue weighted by atomic mass is 32.1. The van der Waals surface area contributed by atoms with Crippen LogP contribution in [0.2, 0.25) is 0 Å². The average Bonchev–Trinajstić information content (AvgIpc) is 2.75.